The maximum absolute atomic E-state index is 12.0. The van der Waals surface area contributed by atoms with Crippen LogP contribution in [0.4, 0.5) is 0 Å². The fourth-order valence-electron chi connectivity index (χ4n) is 2.13. The van der Waals surface area contributed by atoms with E-state index in [4.69, 9.17) is 0 Å². The summed E-state index contributed by atoms with van der Waals surface area (Å²) in [5, 5.41) is 21.9. The summed E-state index contributed by atoms with van der Waals surface area (Å²) in [5.74, 6) is -0.352. The number of nitrogens with one attached hydrogen (secondary N) is 1. The molecule has 0 aliphatic carbocycles. The average Bonchev–Trinajstić information content (AvgIpc) is 3.11. The molecule has 2 N–H and O–H groups in total. The molecule has 3 aromatic rings. The Bertz CT molecular complexity index is 789. The van der Waals surface area contributed by atoms with Crippen LogP contribution in [-0.2, 0) is 12.6 Å². The Hall–Kier alpha value is -2.25. The number of rotatable bonds is 4. The van der Waals surface area contributed by atoms with Crippen LogP contribution in [0.3, 0.4) is 0 Å². The van der Waals surface area contributed by atoms with Crippen molar-refractivity contribution in [1.29, 1.82) is 0 Å². The van der Waals surface area contributed by atoms with Gasteiger partial charge in [0.15, 0.2) is 5.69 Å². The van der Waals surface area contributed by atoms with Gasteiger partial charge >= 0.3 is 0 Å². The molecule has 1 atom stereocenters. The average molecular weight is 316 g/mol. The van der Waals surface area contributed by atoms with Crippen molar-refractivity contribution in [1.82, 2.24) is 20.3 Å². The van der Waals surface area contributed by atoms with Gasteiger partial charge in [0.05, 0.1) is 12.7 Å². The highest BCUT2D eigenvalue weighted by atomic mass is 32.1. The molecule has 0 fully saturated rings. The summed E-state index contributed by atoms with van der Waals surface area (Å²) in [6, 6.07) is 9.90. The van der Waals surface area contributed by atoms with Crippen LogP contribution in [0, 0.1) is 0 Å². The van der Waals surface area contributed by atoms with Crippen LogP contribution in [-0.4, -0.2) is 32.6 Å². The minimum atomic E-state index is -1.14. The second kappa shape index (κ2) is 5.51. The van der Waals surface area contributed by atoms with Crippen molar-refractivity contribution in [3.8, 4) is 0 Å². The molecule has 22 heavy (non-hydrogen) atoms. The number of amides is 1. The molecule has 0 aliphatic heterocycles. The lowest BCUT2D eigenvalue weighted by atomic mass is 10.0. The van der Waals surface area contributed by atoms with Crippen LogP contribution in [0.2, 0.25) is 0 Å². The molecule has 0 saturated carbocycles. The summed E-state index contributed by atoms with van der Waals surface area (Å²) in [6.45, 7) is 1.80. The first kappa shape index (κ1) is 14.7. The third-order valence-electron chi connectivity index (χ3n) is 3.38. The monoisotopic (exact) mass is 316 g/mol. The number of fused-ring (bicyclic) bond motifs is 1. The van der Waals surface area contributed by atoms with Crippen LogP contribution < -0.4 is 5.32 Å². The molecular weight excluding hydrogens is 300 g/mol. The lowest BCUT2D eigenvalue weighted by molar-refractivity contribution is 0.0556. The Balaban J connectivity index is 1.74. The number of aromatic nitrogens is 3. The second-order valence-corrected chi connectivity index (χ2v) is 6.47. The van der Waals surface area contributed by atoms with Crippen LogP contribution in [0.25, 0.3) is 10.1 Å². The predicted molar refractivity (Wildman–Crippen MR) is 84.7 cm³/mol. The van der Waals surface area contributed by atoms with E-state index >= 15 is 0 Å². The normalized spacial score (nSPS) is 14.0. The van der Waals surface area contributed by atoms with Gasteiger partial charge in [-0.15, -0.1) is 16.4 Å². The summed E-state index contributed by atoms with van der Waals surface area (Å²) >= 11 is 1.52. The number of aryl methyl sites for hydroxylation is 1. The van der Waals surface area contributed by atoms with E-state index in [0.717, 1.165) is 15.0 Å². The molecule has 7 heteroatoms. The molecule has 6 nitrogen and oxygen atoms in total. The standard InChI is InChI=1S/C15H16N4O2S/c1-15(21,9-16-14(20)11-8-19(2)18-17-11)13-7-10-5-3-4-6-12(10)22-13/h3-8,21H,9H2,1-2H3,(H,16,20)/t15-/m0/s1. The van der Waals surface area contributed by atoms with E-state index in [9.17, 15) is 9.90 Å². The van der Waals surface area contributed by atoms with Gasteiger partial charge in [-0.2, -0.15) is 0 Å². The Labute approximate surface area is 131 Å². The largest absolute Gasteiger partial charge is 0.383 e. The number of carbonyl (C=O) groups excluding carboxylic acids is 1. The predicted octanol–water partition coefficient (Wildman–Crippen LogP) is 1.67. The van der Waals surface area contributed by atoms with Crippen molar-refractivity contribution >= 4 is 27.3 Å². The van der Waals surface area contributed by atoms with Crippen LogP contribution in [0.15, 0.2) is 36.5 Å². The van der Waals surface area contributed by atoms with E-state index in [1.807, 2.05) is 30.3 Å². The fourth-order valence-corrected chi connectivity index (χ4v) is 3.24. The lowest BCUT2D eigenvalue weighted by Gasteiger charge is -2.21. The summed E-state index contributed by atoms with van der Waals surface area (Å²) in [4.78, 5) is 12.8. The highest BCUT2D eigenvalue weighted by Crippen LogP contribution is 2.32. The molecule has 2 aromatic heterocycles. The first-order valence-electron chi connectivity index (χ1n) is 6.82. The second-order valence-electron chi connectivity index (χ2n) is 5.38. The Morgan fingerprint density at radius 1 is 1.45 bits per heavy atom. The lowest BCUT2D eigenvalue weighted by Crippen LogP contribution is -2.38. The van der Waals surface area contributed by atoms with E-state index in [0.29, 0.717) is 0 Å². The zero-order chi connectivity index (χ0) is 15.7. The van der Waals surface area contributed by atoms with Gasteiger partial charge in [0.25, 0.3) is 5.91 Å². The van der Waals surface area contributed by atoms with Crippen molar-refractivity contribution in [2.45, 2.75) is 12.5 Å². The molecule has 0 saturated heterocycles. The number of hydrogen-bond donors (Lipinski definition) is 2. The molecule has 114 valence electrons. The molecule has 0 spiro atoms. The van der Waals surface area contributed by atoms with Gasteiger partial charge in [-0.1, -0.05) is 23.4 Å². The van der Waals surface area contributed by atoms with Gasteiger partial charge in [-0.25, -0.2) is 0 Å². The zero-order valence-electron chi connectivity index (χ0n) is 12.3. The van der Waals surface area contributed by atoms with E-state index in [2.05, 4.69) is 15.6 Å². The minimum Gasteiger partial charge on any atom is -0.383 e. The molecule has 0 bridgehead atoms. The first-order valence-corrected chi connectivity index (χ1v) is 7.63. The Morgan fingerprint density at radius 3 is 2.91 bits per heavy atom. The zero-order valence-corrected chi connectivity index (χ0v) is 13.1. The molecule has 2 heterocycles. The fraction of sp³-hybridized carbons (Fsp3) is 0.267. The molecule has 0 radical (unpaired) electrons. The summed E-state index contributed by atoms with van der Waals surface area (Å²) in [5.41, 5.74) is -0.906. The Morgan fingerprint density at radius 2 is 2.23 bits per heavy atom. The van der Waals surface area contributed by atoms with Crippen molar-refractivity contribution < 1.29 is 9.90 Å². The topological polar surface area (TPSA) is 80.0 Å². The maximum atomic E-state index is 12.0. The minimum absolute atomic E-state index is 0.106. The molecule has 3 rings (SSSR count). The SMILES string of the molecule is Cn1cc(C(=O)NC[C@](C)(O)c2cc3ccccc3s2)nn1. The smallest absolute Gasteiger partial charge is 0.273 e. The number of carbonyl (C=O) groups is 1. The van der Waals surface area contributed by atoms with Crippen molar-refractivity contribution in [3.63, 3.8) is 0 Å². The van der Waals surface area contributed by atoms with E-state index in [-0.39, 0.29) is 18.1 Å². The van der Waals surface area contributed by atoms with Gasteiger partial charge in [-0.05, 0) is 24.4 Å². The van der Waals surface area contributed by atoms with Gasteiger partial charge in [-0.3, -0.25) is 9.48 Å². The molecule has 0 unspecified atom stereocenters. The Kier molecular flexibility index (Phi) is 3.67. The van der Waals surface area contributed by atoms with Crippen molar-refractivity contribution in [2.24, 2.45) is 7.05 Å². The van der Waals surface area contributed by atoms with Gasteiger partial charge in [0.1, 0.15) is 5.60 Å². The van der Waals surface area contributed by atoms with Crippen molar-refractivity contribution in [2.75, 3.05) is 6.54 Å². The molecule has 0 aliphatic rings. The highest BCUT2D eigenvalue weighted by molar-refractivity contribution is 7.19. The number of benzene rings is 1. The first-order chi connectivity index (χ1) is 10.5. The van der Waals surface area contributed by atoms with Crippen LogP contribution in [0.5, 0.6) is 0 Å². The van der Waals surface area contributed by atoms with Gasteiger partial charge in [0.2, 0.25) is 0 Å². The molecule has 1 aromatic carbocycles. The number of aliphatic hydroxyl groups is 1. The van der Waals surface area contributed by atoms with E-state index < -0.39 is 5.60 Å². The van der Waals surface area contributed by atoms with E-state index in [1.165, 1.54) is 22.2 Å². The summed E-state index contributed by atoms with van der Waals surface area (Å²) in [6.07, 6.45) is 1.53. The van der Waals surface area contributed by atoms with Crippen LogP contribution in [0.1, 0.15) is 22.3 Å². The third kappa shape index (κ3) is 2.86. The number of nitrogens with zero attached hydrogens (tertiary/aromatic N) is 3. The van der Waals surface area contributed by atoms with Gasteiger partial charge in [0, 0.05) is 16.6 Å². The number of hydrogen-bond acceptors (Lipinski definition) is 5. The molecule has 1 amide bonds. The van der Waals surface area contributed by atoms with Crippen LogP contribution >= 0.6 is 11.3 Å². The summed E-state index contributed by atoms with van der Waals surface area (Å²) < 4.78 is 2.57. The maximum Gasteiger partial charge on any atom is 0.273 e. The quantitative estimate of drug-likeness (QED) is 0.767. The van der Waals surface area contributed by atoms with Gasteiger partial charge < -0.3 is 10.4 Å². The van der Waals surface area contributed by atoms with Crippen molar-refractivity contribution in [3.05, 3.63) is 47.1 Å². The summed E-state index contributed by atoms with van der Waals surface area (Å²) in [7, 11) is 1.69. The third-order valence-corrected chi connectivity index (χ3v) is 4.75. The van der Waals surface area contributed by atoms with E-state index in [1.54, 1.807) is 14.0 Å². The molecular formula is C15H16N4O2S. The number of thiophene rings is 1. The highest BCUT2D eigenvalue weighted by Gasteiger charge is 2.26.